The quantitative estimate of drug-likeness (QED) is 0.779. The maximum atomic E-state index is 11.8. The highest BCUT2D eigenvalue weighted by atomic mass is 16.3. The highest BCUT2D eigenvalue weighted by Crippen LogP contribution is 2.08. The Morgan fingerprint density at radius 1 is 1.53 bits per heavy atom. The summed E-state index contributed by atoms with van der Waals surface area (Å²) in [6.45, 7) is 6.10. The van der Waals surface area contributed by atoms with Crippen molar-refractivity contribution in [3.8, 4) is 0 Å². The molecule has 0 saturated carbocycles. The van der Waals surface area contributed by atoms with E-state index in [9.17, 15) is 9.90 Å². The zero-order valence-corrected chi connectivity index (χ0v) is 12.3. The number of amides is 1. The van der Waals surface area contributed by atoms with E-state index in [1.807, 2.05) is 20.2 Å². The molecule has 1 atom stereocenters. The average molecular weight is 267 g/mol. The largest absolute Gasteiger partial charge is 0.394 e. The summed E-state index contributed by atoms with van der Waals surface area (Å²) in [5, 5.41) is 16.4. The van der Waals surface area contributed by atoms with Crippen molar-refractivity contribution in [1.82, 2.24) is 15.1 Å². The lowest BCUT2D eigenvalue weighted by molar-refractivity contribution is -0.122. The predicted octanol–water partition coefficient (Wildman–Crippen LogP) is 1.18. The zero-order valence-electron chi connectivity index (χ0n) is 12.3. The number of aryl methyl sites for hydroxylation is 3. The number of hydrogen-bond acceptors (Lipinski definition) is 3. The van der Waals surface area contributed by atoms with Gasteiger partial charge in [-0.05, 0) is 31.2 Å². The van der Waals surface area contributed by atoms with Gasteiger partial charge in [0.2, 0.25) is 5.91 Å². The molecule has 1 aromatic heterocycles. The van der Waals surface area contributed by atoms with Gasteiger partial charge < -0.3 is 10.4 Å². The summed E-state index contributed by atoms with van der Waals surface area (Å²) >= 11 is 0. The Morgan fingerprint density at radius 2 is 2.21 bits per heavy atom. The summed E-state index contributed by atoms with van der Waals surface area (Å²) in [6.07, 6.45) is 3.86. The van der Waals surface area contributed by atoms with Crippen LogP contribution in [-0.4, -0.2) is 33.4 Å². The molecule has 1 heterocycles. The maximum absolute atomic E-state index is 11.8. The molecule has 0 aromatic carbocycles. The Hall–Kier alpha value is -1.36. The Kier molecular flexibility index (Phi) is 6.02. The van der Waals surface area contributed by atoms with E-state index in [1.165, 1.54) is 0 Å². The monoisotopic (exact) mass is 267 g/mol. The molecule has 5 heteroatoms. The van der Waals surface area contributed by atoms with E-state index in [1.54, 1.807) is 4.68 Å². The second kappa shape index (κ2) is 7.28. The maximum Gasteiger partial charge on any atom is 0.220 e. The summed E-state index contributed by atoms with van der Waals surface area (Å²) in [7, 11) is 1.88. The van der Waals surface area contributed by atoms with Crippen molar-refractivity contribution in [1.29, 1.82) is 0 Å². The fourth-order valence-corrected chi connectivity index (χ4v) is 2.19. The number of aliphatic hydroxyl groups is 1. The van der Waals surface area contributed by atoms with Crippen LogP contribution in [0.25, 0.3) is 0 Å². The average Bonchev–Trinajstić information content (AvgIpc) is 2.63. The lowest BCUT2D eigenvalue weighted by Gasteiger charge is -2.18. The van der Waals surface area contributed by atoms with Gasteiger partial charge in [0.15, 0.2) is 0 Å². The molecular formula is C14H25N3O2. The first-order valence-corrected chi connectivity index (χ1v) is 6.81. The predicted molar refractivity (Wildman–Crippen MR) is 74.7 cm³/mol. The molecule has 0 aliphatic carbocycles. The van der Waals surface area contributed by atoms with Crippen LogP contribution < -0.4 is 5.32 Å². The van der Waals surface area contributed by atoms with Crippen LogP contribution in [0.15, 0.2) is 6.20 Å². The Labute approximate surface area is 115 Å². The van der Waals surface area contributed by atoms with Crippen LogP contribution in [0.2, 0.25) is 0 Å². The number of rotatable bonds is 7. The molecule has 0 aliphatic rings. The third kappa shape index (κ3) is 5.42. The van der Waals surface area contributed by atoms with Crippen molar-refractivity contribution in [2.24, 2.45) is 13.0 Å². The molecular weight excluding hydrogens is 242 g/mol. The minimum absolute atomic E-state index is 0.00413. The van der Waals surface area contributed by atoms with Gasteiger partial charge in [-0.25, -0.2) is 0 Å². The SMILES string of the molecule is Cc1nn(C)cc1CCC(=O)NC(CO)CC(C)C. The van der Waals surface area contributed by atoms with Gasteiger partial charge in [-0.3, -0.25) is 9.48 Å². The van der Waals surface area contributed by atoms with Crippen LogP contribution >= 0.6 is 0 Å². The van der Waals surface area contributed by atoms with Crippen molar-refractivity contribution in [3.63, 3.8) is 0 Å². The third-order valence-corrected chi connectivity index (χ3v) is 3.08. The summed E-state index contributed by atoms with van der Waals surface area (Å²) < 4.78 is 1.76. The van der Waals surface area contributed by atoms with E-state index in [-0.39, 0.29) is 18.6 Å². The smallest absolute Gasteiger partial charge is 0.220 e. The Morgan fingerprint density at radius 3 is 2.68 bits per heavy atom. The van der Waals surface area contributed by atoms with E-state index in [0.717, 1.165) is 17.7 Å². The molecule has 5 nitrogen and oxygen atoms in total. The van der Waals surface area contributed by atoms with E-state index in [2.05, 4.69) is 24.3 Å². The second-order valence-corrected chi connectivity index (χ2v) is 5.49. The van der Waals surface area contributed by atoms with Crippen molar-refractivity contribution in [3.05, 3.63) is 17.5 Å². The normalized spacial score (nSPS) is 12.7. The van der Waals surface area contributed by atoms with Gasteiger partial charge in [-0.1, -0.05) is 13.8 Å². The molecule has 0 aliphatic heterocycles. The number of carbonyl (C=O) groups excluding carboxylic acids is 1. The minimum atomic E-state index is -0.137. The number of aromatic nitrogens is 2. The van der Waals surface area contributed by atoms with E-state index < -0.39 is 0 Å². The van der Waals surface area contributed by atoms with Crippen LogP contribution in [0.3, 0.4) is 0 Å². The summed E-state index contributed by atoms with van der Waals surface area (Å²) in [4.78, 5) is 11.8. The highest BCUT2D eigenvalue weighted by molar-refractivity contribution is 5.76. The molecule has 2 N–H and O–H groups in total. The number of hydrogen-bond donors (Lipinski definition) is 2. The molecule has 0 spiro atoms. The molecule has 0 fully saturated rings. The van der Waals surface area contributed by atoms with E-state index in [4.69, 9.17) is 0 Å². The van der Waals surface area contributed by atoms with Crippen LogP contribution in [0.1, 0.15) is 37.9 Å². The fourth-order valence-electron chi connectivity index (χ4n) is 2.19. The van der Waals surface area contributed by atoms with Gasteiger partial charge in [0.05, 0.1) is 18.3 Å². The van der Waals surface area contributed by atoms with Crippen LogP contribution in [0.5, 0.6) is 0 Å². The Bertz CT molecular complexity index is 413. The molecule has 0 saturated heterocycles. The van der Waals surface area contributed by atoms with Crippen LogP contribution in [-0.2, 0) is 18.3 Å². The van der Waals surface area contributed by atoms with E-state index >= 15 is 0 Å². The number of nitrogens with one attached hydrogen (secondary N) is 1. The third-order valence-electron chi connectivity index (χ3n) is 3.08. The lowest BCUT2D eigenvalue weighted by atomic mass is 10.0. The number of nitrogens with zero attached hydrogens (tertiary/aromatic N) is 2. The van der Waals surface area contributed by atoms with Gasteiger partial charge in [-0.15, -0.1) is 0 Å². The fraction of sp³-hybridized carbons (Fsp3) is 0.714. The molecule has 0 bridgehead atoms. The van der Waals surface area contributed by atoms with Crippen molar-refractivity contribution < 1.29 is 9.90 Å². The van der Waals surface area contributed by atoms with Crippen LogP contribution in [0, 0.1) is 12.8 Å². The molecule has 1 amide bonds. The second-order valence-electron chi connectivity index (χ2n) is 5.49. The first-order chi connectivity index (χ1) is 8.92. The Balaban J connectivity index is 2.40. The summed E-state index contributed by atoms with van der Waals surface area (Å²) in [5.74, 6) is 0.445. The van der Waals surface area contributed by atoms with Gasteiger partial charge >= 0.3 is 0 Å². The zero-order chi connectivity index (χ0) is 14.4. The summed E-state index contributed by atoms with van der Waals surface area (Å²) in [6, 6.07) is -0.137. The minimum Gasteiger partial charge on any atom is -0.394 e. The molecule has 1 rings (SSSR count). The summed E-state index contributed by atoms with van der Waals surface area (Å²) in [5.41, 5.74) is 2.07. The lowest BCUT2D eigenvalue weighted by Crippen LogP contribution is -2.38. The van der Waals surface area contributed by atoms with Crippen molar-refractivity contribution in [2.75, 3.05) is 6.61 Å². The van der Waals surface area contributed by atoms with E-state index in [0.29, 0.717) is 18.8 Å². The molecule has 1 aromatic rings. The van der Waals surface area contributed by atoms with Gasteiger partial charge in [0.1, 0.15) is 0 Å². The van der Waals surface area contributed by atoms with Gasteiger partial charge in [0, 0.05) is 19.7 Å². The number of aliphatic hydroxyl groups excluding tert-OH is 1. The number of carbonyl (C=O) groups is 1. The first kappa shape index (κ1) is 15.7. The molecule has 0 radical (unpaired) electrons. The topological polar surface area (TPSA) is 67.2 Å². The van der Waals surface area contributed by atoms with Gasteiger partial charge in [-0.2, -0.15) is 5.10 Å². The highest BCUT2D eigenvalue weighted by Gasteiger charge is 2.13. The molecule has 1 unspecified atom stereocenters. The van der Waals surface area contributed by atoms with Crippen molar-refractivity contribution >= 4 is 5.91 Å². The standard InChI is InChI=1S/C14H25N3O2/c1-10(2)7-13(9-18)15-14(19)6-5-12-8-17(4)16-11(12)3/h8,10,13,18H,5-7,9H2,1-4H3,(H,15,19). The van der Waals surface area contributed by atoms with Crippen LogP contribution in [0.4, 0.5) is 0 Å². The molecule has 19 heavy (non-hydrogen) atoms. The first-order valence-electron chi connectivity index (χ1n) is 6.81. The van der Waals surface area contributed by atoms with Crippen molar-refractivity contribution in [2.45, 2.75) is 46.1 Å². The molecule has 108 valence electrons. The van der Waals surface area contributed by atoms with Gasteiger partial charge in [0.25, 0.3) is 0 Å².